The van der Waals surface area contributed by atoms with Crippen LogP contribution in [0.25, 0.3) is 66.8 Å². The summed E-state index contributed by atoms with van der Waals surface area (Å²) in [4.78, 5) is 20.9. The van der Waals surface area contributed by atoms with E-state index < -0.39 is 71.2 Å². The van der Waals surface area contributed by atoms with Gasteiger partial charge in [0.15, 0.2) is 0 Å². The molecule has 6 nitrogen and oxygen atoms in total. The van der Waals surface area contributed by atoms with E-state index >= 15 is 0 Å². The van der Waals surface area contributed by atoms with E-state index in [-0.39, 0.29) is 0 Å². The van der Waals surface area contributed by atoms with Gasteiger partial charge in [-0.15, -0.1) is 0 Å². The van der Waals surface area contributed by atoms with Gasteiger partial charge in [-0.3, -0.25) is 29.9 Å². The highest BCUT2D eigenvalue weighted by Crippen LogP contribution is 2.36. The van der Waals surface area contributed by atoms with E-state index in [1.165, 1.54) is 178 Å². The van der Waals surface area contributed by atoms with E-state index in [2.05, 4.69) is 71.4 Å². The molecular formula is C99H102F18N6. The monoisotopic (exact) mass is 1720 g/mol. The number of rotatable bonds is 27. The minimum absolute atomic E-state index is 0.686. The van der Waals surface area contributed by atoms with Crippen LogP contribution in [-0.4, -0.2) is 29.9 Å². The predicted molar refractivity (Wildman–Crippen MR) is 454 cm³/mol. The van der Waals surface area contributed by atoms with Crippen molar-refractivity contribution < 1.29 is 79.0 Å². The molecule has 0 radical (unpaired) electrons. The van der Waals surface area contributed by atoms with Crippen LogP contribution in [-0.2, 0) is 75.6 Å². The summed E-state index contributed by atoms with van der Waals surface area (Å²) in [6.07, 6.45) is 5.47. The molecule has 24 heteroatoms. The number of aryl methyl sites for hydroxylation is 6. The molecule has 0 aliphatic heterocycles. The fraction of sp³-hybridized carbons (Fsp3) is 0.333. The maximum Gasteiger partial charge on any atom is 0.433 e. The number of hydrogen-bond acceptors (Lipinski definition) is 6. The fourth-order valence-electron chi connectivity index (χ4n) is 12.6. The van der Waals surface area contributed by atoms with Crippen molar-refractivity contribution in [3.05, 3.63) is 323 Å². The number of hydrogen-bond donors (Lipinski definition) is 0. The summed E-state index contributed by atoms with van der Waals surface area (Å²) in [6.45, 7) is 12.9. The first-order valence-electron chi connectivity index (χ1n) is 41.3. The Morgan fingerprint density at radius 3 is 0.504 bits per heavy atom. The van der Waals surface area contributed by atoms with E-state index in [9.17, 15) is 79.0 Å². The molecule has 0 atom stereocenters. The molecule has 0 N–H and O–H groups in total. The number of nitrogens with zero attached hydrogens (tertiary/aromatic N) is 6. The Morgan fingerprint density at radius 1 is 0.163 bits per heavy atom. The Bertz CT molecular complexity index is 4940. The van der Waals surface area contributed by atoms with Gasteiger partial charge in [0.2, 0.25) is 0 Å². The predicted octanol–water partition coefficient (Wildman–Crippen LogP) is 31.8. The minimum atomic E-state index is -4.39. The van der Waals surface area contributed by atoms with E-state index in [1.54, 1.807) is 0 Å². The molecule has 0 saturated carbocycles. The summed E-state index contributed by atoms with van der Waals surface area (Å²) in [6, 6.07) is 62.1. The van der Waals surface area contributed by atoms with Gasteiger partial charge in [-0.05, 0) is 167 Å². The van der Waals surface area contributed by atoms with Crippen molar-refractivity contribution in [1.29, 1.82) is 0 Å². The van der Waals surface area contributed by atoms with Gasteiger partial charge in [0, 0.05) is 70.6 Å². The summed E-state index contributed by atoms with van der Waals surface area (Å²) in [5.41, 5.74) is 11.8. The van der Waals surface area contributed by atoms with Crippen LogP contribution >= 0.6 is 0 Å². The van der Waals surface area contributed by atoms with E-state index in [0.717, 1.165) is 134 Å². The molecular weight excluding hydrogens is 1620 g/mol. The molecule has 6 heterocycles. The van der Waals surface area contributed by atoms with Crippen molar-refractivity contribution in [3.8, 4) is 66.8 Å². The Balaban J connectivity index is 0.000000203. The van der Waals surface area contributed by atoms with Crippen molar-refractivity contribution in [1.82, 2.24) is 29.9 Å². The maximum absolute atomic E-state index is 12.5. The lowest BCUT2D eigenvalue weighted by molar-refractivity contribution is -0.141. The van der Waals surface area contributed by atoms with Crippen LogP contribution in [0.5, 0.6) is 0 Å². The van der Waals surface area contributed by atoms with Crippen molar-refractivity contribution in [2.24, 2.45) is 0 Å². The second-order valence-electron chi connectivity index (χ2n) is 29.4. The lowest BCUT2D eigenvalue weighted by Crippen LogP contribution is -2.07. The second-order valence-corrected chi connectivity index (χ2v) is 29.4. The molecule has 654 valence electrons. The summed E-state index contributed by atoms with van der Waals surface area (Å²) in [7, 11) is 0. The Morgan fingerprint density at radius 2 is 0.325 bits per heavy atom. The maximum atomic E-state index is 12.5. The molecule has 0 unspecified atom stereocenters. The highest BCUT2D eigenvalue weighted by Gasteiger charge is 2.36. The molecule has 0 bridgehead atoms. The smallest absolute Gasteiger partial charge is 0.251 e. The molecule has 0 aliphatic rings. The van der Waals surface area contributed by atoms with Gasteiger partial charge in [-0.2, -0.15) is 79.0 Å². The number of halogens is 18. The number of aromatic nitrogens is 6. The van der Waals surface area contributed by atoms with Gasteiger partial charge in [0.1, 0.15) is 34.2 Å². The van der Waals surface area contributed by atoms with Crippen molar-refractivity contribution >= 4 is 0 Å². The molecule has 12 aromatic rings. The van der Waals surface area contributed by atoms with Gasteiger partial charge in [-0.1, -0.05) is 294 Å². The van der Waals surface area contributed by atoms with Crippen molar-refractivity contribution in [3.63, 3.8) is 0 Å². The average molecular weight is 1720 g/mol. The van der Waals surface area contributed by atoms with Gasteiger partial charge in [0.25, 0.3) is 0 Å². The van der Waals surface area contributed by atoms with Crippen LogP contribution in [0, 0.1) is 0 Å². The molecule has 6 aromatic carbocycles. The standard InChI is InChI=1S/C19H22F3N.C18H20F3N.C17H18F3N.C16H16F3N.C15H14F3N.C14H12F3N/c1-2-3-4-5-6-7-15-8-10-16(11-9-15)17-12-13-18(23-14-17)19(20,21)22;1-2-3-4-5-6-14-7-9-15(10-8-14)16-11-12-17(22-13-16)18(19,20)21;1-2-3-4-5-13-6-8-14(9-7-13)15-10-11-16(21-12-15)17(18,19)20;1-2-3-4-12-5-7-13(8-6-12)14-9-10-15(20-11-14)16(17,18)19;1-2-3-11-4-6-12(7-5-11)13-8-9-14(19-10-13)15(16,17)18;1-2-10-3-5-11(6-4-10)12-7-8-13(18-9-12)14(15,16)17/h8-14H,2-7H2,1H3;7-13H,2-6H2,1H3;6-12H,2-5H2,1H3;5-11H,2-4H2,1H3;4-10H,2-3H2,1H3;3-9H,2H2,1H3. The molecule has 6 aromatic heterocycles. The number of alkyl halides is 18. The molecule has 0 amide bonds. The van der Waals surface area contributed by atoms with Crippen LogP contribution < -0.4 is 0 Å². The molecule has 0 fully saturated rings. The van der Waals surface area contributed by atoms with Crippen LogP contribution in [0.1, 0.15) is 205 Å². The highest BCUT2D eigenvalue weighted by molar-refractivity contribution is 5.67. The van der Waals surface area contributed by atoms with E-state index in [4.69, 9.17) is 0 Å². The SMILES string of the molecule is CCCCCCCc1ccc(-c2ccc(C(F)(F)F)nc2)cc1.CCCCCCc1ccc(-c2ccc(C(F)(F)F)nc2)cc1.CCCCCc1ccc(-c2ccc(C(F)(F)F)nc2)cc1.CCCCc1ccc(-c2ccc(C(F)(F)F)nc2)cc1.CCCc1ccc(-c2ccc(C(F)(F)F)nc2)cc1.CCc1ccc(-c2ccc(C(F)(F)F)nc2)cc1. The van der Waals surface area contributed by atoms with E-state index in [0.29, 0.717) is 33.4 Å². The quantitative estimate of drug-likeness (QED) is 0.0377. The van der Waals surface area contributed by atoms with E-state index in [1.807, 2.05) is 146 Å². The topological polar surface area (TPSA) is 77.3 Å². The molecule has 12 rings (SSSR count). The average Bonchev–Trinajstić information content (AvgIpc) is 0.858. The Kier molecular flexibility index (Phi) is 39.2. The number of benzene rings is 6. The summed E-state index contributed by atoms with van der Waals surface area (Å²) in [5, 5.41) is 0. The van der Waals surface area contributed by atoms with Crippen molar-refractivity contribution in [2.45, 2.75) is 213 Å². The van der Waals surface area contributed by atoms with Crippen LogP contribution in [0.15, 0.2) is 256 Å². The number of unbranched alkanes of at least 4 members (excludes halogenated alkanes) is 10. The van der Waals surface area contributed by atoms with Gasteiger partial charge >= 0.3 is 37.1 Å². The summed E-state index contributed by atoms with van der Waals surface area (Å²) < 4.78 is 224. The molecule has 0 saturated heterocycles. The fourth-order valence-corrected chi connectivity index (χ4v) is 12.6. The highest BCUT2D eigenvalue weighted by atomic mass is 19.4. The van der Waals surface area contributed by atoms with Crippen LogP contribution in [0.4, 0.5) is 79.0 Å². The summed E-state index contributed by atoms with van der Waals surface area (Å²) in [5.74, 6) is 0. The molecule has 123 heavy (non-hydrogen) atoms. The van der Waals surface area contributed by atoms with Crippen molar-refractivity contribution in [2.75, 3.05) is 0 Å². The third-order valence-corrected chi connectivity index (χ3v) is 19.8. The lowest BCUT2D eigenvalue weighted by Gasteiger charge is -2.07. The molecule has 0 spiro atoms. The first-order chi connectivity index (χ1) is 58.5. The second kappa shape index (κ2) is 48.7. The zero-order valence-corrected chi connectivity index (χ0v) is 69.6. The third kappa shape index (κ3) is 34.3. The normalized spacial score (nSPS) is 11.6. The van der Waals surface area contributed by atoms with Crippen LogP contribution in [0.2, 0.25) is 0 Å². The first-order valence-corrected chi connectivity index (χ1v) is 41.3. The zero-order chi connectivity index (χ0) is 89.6. The Labute approximate surface area is 708 Å². The Hall–Kier alpha value is -11.0. The van der Waals surface area contributed by atoms with Gasteiger partial charge < -0.3 is 0 Å². The third-order valence-electron chi connectivity index (χ3n) is 19.8. The lowest BCUT2D eigenvalue weighted by atomic mass is 10.0. The summed E-state index contributed by atoms with van der Waals surface area (Å²) >= 11 is 0. The van der Waals surface area contributed by atoms with Gasteiger partial charge in [-0.25, -0.2) is 0 Å². The minimum Gasteiger partial charge on any atom is -0.251 e. The first kappa shape index (κ1) is 99.1. The molecule has 0 aliphatic carbocycles. The number of pyridine rings is 6. The zero-order valence-electron chi connectivity index (χ0n) is 69.6. The largest absolute Gasteiger partial charge is 0.433 e. The van der Waals surface area contributed by atoms with Crippen LogP contribution in [0.3, 0.4) is 0 Å². The van der Waals surface area contributed by atoms with Gasteiger partial charge in [0.05, 0.1) is 0 Å².